The smallest absolute Gasteiger partial charge is 0.324 e. The summed E-state index contributed by atoms with van der Waals surface area (Å²) in [4.78, 5) is 30.2. The molecule has 7 nitrogen and oxygen atoms in total. The number of hydrogen-bond donors (Lipinski definition) is 1. The van der Waals surface area contributed by atoms with Gasteiger partial charge in [-0.05, 0) is 31.4 Å². The van der Waals surface area contributed by atoms with E-state index in [-0.39, 0.29) is 12.8 Å². The highest BCUT2D eigenvalue weighted by molar-refractivity contribution is 7.13. The molecule has 1 aromatic heterocycles. The van der Waals surface area contributed by atoms with Crippen molar-refractivity contribution in [3.05, 3.63) is 41.4 Å². The summed E-state index contributed by atoms with van der Waals surface area (Å²) in [5.74, 6) is -0.505. The highest BCUT2D eigenvalue weighted by atomic mass is 32.1. The summed E-state index contributed by atoms with van der Waals surface area (Å²) in [7, 11) is 0. The molecular formula is C23H28N2O5S. The van der Waals surface area contributed by atoms with Gasteiger partial charge in [-0.15, -0.1) is 11.3 Å². The normalized spacial score (nSPS) is 27.7. The maximum absolute atomic E-state index is 12.9. The first kappa shape index (κ1) is 21.8. The molecule has 2 aromatic rings. The van der Waals surface area contributed by atoms with Crippen LogP contribution in [0, 0.1) is 11.3 Å². The molecule has 2 aliphatic heterocycles. The zero-order chi connectivity index (χ0) is 22.1. The average Bonchev–Trinajstić information content (AvgIpc) is 3.38. The van der Waals surface area contributed by atoms with E-state index in [9.17, 15) is 9.59 Å². The monoisotopic (exact) mass is 444 g/mol. The molecule has 2 fully saturated rings. The number of ether oxygens (including phenoxy) is 3. The molecule has 0 aliphatic carbocycles. The fourth-order valence-corrected chi connectivity index (χ4v) is 4.92. The second-order valence-electron chi connectivity index (χ2n) is 8.90. The van der Waals surface area contributed by atoms with E-state index < -0.39 is 29.1 Å². The number of hydrogen-bond acceptors (Lipinski definition) is 8. The third kappa shape index (κ3) is 4.45. The van der Waals surface area contributed by atoms with Crippen molar-refractivity contribution in [1.29, 1.82) is 0 Å². The lowest BCUT2D eigenvalue weighted by Crippen LogP contribution is -2.32. The van der Waals surface area contributed by atoms with Gasteiger partial charge in [0.05, 0.1) is 12.3 Å². The van der Waals surface area contributed by atoms with Gasteiger partial charge in [-0.2, -0.15) is 0 Å². The molecular weight excluding hydrogens is 416 g/mol. The second kappa shape index (κ2) is 8.59. The summed E-state index contributed by atoms with van der Waals surface area (Å²) in [6.45, 7) is 6.97. The summed E-state index contributed by atoms with van der Waals surface area (Å²) in [6.07, 6.45) is 1.01. The van der Waals surface area contributed by atoms with Crippen LogP contribution >= 0.6 is 11.3 Å². The van der Waals surface area contributed by atoms with E-state index in [0.717, 1.165) is 12.1 Å². The number of cyclic esters (lactones) is 2. The quantitative estimate of drug-likeness (QED) is 0.366. The van der Waals surface area contributed by atoms with E-state index in [1.54, 1.807) is 6.92 Å². The van der Waals surface area contributed by atoms with Gasteiger partial charge in [-0.1, -0.05) is 32.0 Å². The van der Waals surface area contributed by atoms with E-state index >= 15 is 0 Å². The fourth-order valence-electron chi connectivity index (χ4n) is 4.06. The molecule has 0 bridgehead atoms. The van der Waals surface area contributed by atoms with Crippen LogP contribution in [0.2, 0.25) is 0 Å². The zero-order valence-electron chi connectivity index (χ0n) is 18.1. The standard InChI is InChI=1S/C23H28N2O5S/c1-15(2)9-10-28-12-17-11-23(19(26)29-17)14-22(3,30-20(23)27)18-13-31-21(25-18)24-16-7-5-4-6-8-16/h4-8,13,15,17H,9-12,14H2,1-3H3,(H,24,25)/t17-,22+,23-/m0/s1. The number of nitrogens with one attached hydrogen (secondary N) is 1. The lowest BCUT2D eigenvalue weighted by atomic mass is 9.78. The Kier molecular flexibility index (Phi) is 6.03. The Labute approximate surface area is 186 Å². The fraction of sp³-hybridized carbons (Fsp3) is 0.522. The Balaban J connectivity index is 1.43. The Morgan fingerprint density at radius 3 is 2.77 bits per heavy atom. The number of thiazole rings is 1. The first-order chi connectivity index (χ1) is 14.8. The number of nitrogens with zero attached hydrogens (tertiary/aromatic N) is 1. The number of carbonyl (C=O) groups excluding carboxylic acids is 2. The Hall–Kier alpha value is -2.45. The summed E-state index contributed by atoms with van der Waals surface area (Å²) < 4.78 is 16.9. The number of anilines is 2. The van der Waals surface area contributed by atoms with Gasteiger partial charge in [0.25, 0.3) is 0 Å². The molecule has 166 valence electrons. The molecule has 1 aromatic carbocycles. The van der Waals surface area contributed by atoms with Crippen molar-refractivity contribution in [2.45, 2.75) is 51.7 Å². The van der Waals surface area contributed by atoms with Gasteiger partial charge >= 0.3 is 11.9 Å². The van der Waals surface area contributed by atoms with Crippen LogP contribution in [0.1, 0.15) is 45.7 Å². The van der Waals surface area contributed by atoms with Gasteiger partial charge in [0.2, 0.25) is 0 Å². The number of para-hydroxylation sites is 1. The molecule has 1 spiro atoms. The predicted molar refractivity (Wildman–Crippen MR) is 117 cm³/mol. The molecule has 3 atom stereocenters. The largest absolute Gasteiger partial charge is 0.459 e. The van der Waals surface area contributed by atoms with E-state index in [1.165, 1.54) is 11.3 Å². The Bertz CT molecular complexity index is 946. The lowest BCUT2D eigenvalue weighted by molar-refractivity contribution is -0.160. The molecule has 3 heterocycles. The minimum atomic E-state index is -1.28. The summed E-state index contributed by atoms with van der Waals surface area (Å²) in [6, 6.07) is 9.72. The highest BCUT2D eigenvalue weighted by Crippen LogP contribution is 2.52. The van der Waals surface area contributed by atoms with Gasteiger partial charge < -0.3 is 19.5 Å². The summed E-state index contributed by atoms with van der Waals surface area (Å²) in [5.41, 5.74) is -0.702. The van der Waals surface area contributed by atoms with Crippen LogP contribution in [0.4, 0.5) is 10.8 Å². The van der Waals surface area contributed by atoms with Crippen LogP contribution < -0.4 is 5.32 Å². The average molecular weight is 445 g/mol. The number of aromatic nitrogens is 1. The van der Waals surface area contributed by atoms with E-state index in [0.29, 0.717) is 30.0 Å². The molecule has 1 N–H and O–H groups in total. The first-order valence-corrected chi connectivity index (χ1v) is 11.5. The minimum absolute atomic E-state index is 0.217. The number of benzene rings is 1. The van der Waals surface area contributed by atoms with Crippen molar-refractivity contribution in [2.75, 3.05) is 18.5 Å². The number of rotatable bonds is 8. The maximum atomic E-state index is 12.9. The van der Waals surface area contributed by atoms with Gasteiger partial charge in [-0.3, -0.25) is 9.59 Å². The molecule has 2 saturated heterocycles. The van der Waals surface area contributed by atoms with Crippen LogP contribution in [0.25, 0.3) is 0 Å². The Morgan fingerprint density at radius 2 is 2.03 bits per heavy atom. The SMILES string of the molecule is CC(C)CCOC[C@@H]1C[C@]2(C[C@](C)(c3csc(Nc4ccccc4)n3)OC2=O)C(=O)O1. The van der Waals surface area contributed by atoms with Crippen molar-refractivity contribution in [3.63, 3.8) is 0 Å². The molecule has 8 heteroatoms. The highest BCUT2D eigenvalue weighted by Gasteiger charge is 2.65. The molecule has 2 aliphatic rings. The summed E-state index contributed by atoms with van der Waals surface area (Å²) in [5, 5.41) is 5.81. The van der Waals surface area contributed by atoms with Crippen LogP contribution in [-0.2, 0) is 29.4 Å². The number of carbonyl (C=O) groups is 2. The van der Waals surface area contributed by atoms with E-state index in [1.807, 2.05) is 35.7 Å². The molecule has 31 heavy (non-hydrogen) atoms. The van der Waals surface area contributed by atoms with Crippen LogP contribution in [0.15, 0.2) is 35.7 Å². The molecule has 0 saturated carbocycles. The second-order valence-corrected chi connectivity index (χ2v) is 9.76. The van der Waals surface area contributed by atoms with Crippen molar-refractivity contribution < 1.29 is 23.8 Å². The summed E-state index contributed by atoms with van der Waals surface area (Å²) >= 11 is 1.43. The van der Waals surface area contributed by atoms with Crippen molar-refractivity contribution >= 4 is 34.1 Å². The lowest BCUT2D eigenvalue weighted by Gasteiger charge is -2.20. The van der Waals surface area contributed by atoms with Gasteiger partial charge in [0.1, 0.15) is 6.10 Å². The molecule has 4 rings (SSSR count). The van der Waals surface area contributed by atoms with Crippen molar-refractivity contribution in [3.8, 4) is 0 Å². The van der Waals surface area contributed by atoms with Crippen LogP contribution in [0.5, 0.6) is 0 Å². The first-order valence-electron chi connectivity index (χ1n) is 10.6. The van der Waals surface area contributed by atoms with Gasteiger partial charge in [0.15, 0.2) is 16.1 Å². The van der Waals surface area contributed by atoms with Gasteiger partial charge in [0, 0.05) is 30.5 Å². The van der Waals surface area contributed by atoms with Crippen LogP contribution in [-0.4, -0.2) is 36.2 Å². The maximum Gasteiger partial charge on any atom is 0.324 e. The molecule has 0 amide bonds. The van der Waals surface area contributed by atoms with E-state index in [4.69, 9.17) is 14.2 Å². The topological polar surface area (TPSA) is 86.8 Å². The molecule has 0 radical (unpaired) electrons. The third-order valence-corrected chi connectivity index (χ3v) is 6.56. The third-order valence-electron chi connectivity index (χ3n) is 5.80. The molecule has 0 unspecified atom stereocenters. The van der Waals surface area contributed by atoms with Crippen molar-refractivity contribution in [1.82, 2.24) is 4.98 Å². The van der Waals surface area contributed by atoms with Crippen molar-refractivity contribution in [2.24, 2.45) is 11.3 Å². The minimum Gasteiger partial charge on any atom is -0.459 e. The van der Waals surface area contributed by atoms with Gasteiger partial charge in [-0.25, -0.2) is 4.98 Å². The zero-order valence-corrected chi connectivity index (χ0v) is 18.9. The predicted octanol–water partition coefficient (Wildman–Crippen LogP) is 4.41. The Morgan fingerprint density at radius 1 is 1.26 bits per heavy atom. The van der Waals surface area contributed by atoms with E-state index in [2.05, 4.69) is 24.1 Å². The number of esters is 2. The van der Waals surface area contributed by atoms with Crippen LogP contribution in [0.3, 0.4) is 0 Å².